The number of carbonyl (C=O) groups is 1. The van der Waals surface area contributed by atoms with Crippen molar-refractivity contribution in [3.63, 3.8) is 0 Å². The van der Waals surface area contributed by atoms with Gasteiger partial charge in [0.2, 0.25) is 0 Å². The van der Waals surface area contributed by atoms with Crippen molar-refractivity contribution in [1.82, 2.24) is 9.97 Å². The molecule has 0 fully saturated rings. The van der Waals surface area contributed by atoms with Crippen molar-refractivity contribution in [2.24, 2.45) is 0 Å². The number of fused-ring (bicyclic) bond motifs is 1. The summed E-state index contributed by atoms with van der Waals surface area (Å²) in [6, 6.07) is 7.81. The summed E-state index contributed by atoms with van der Waals surface area (Å²) < 4.78 is 5.46. The number of ketones is 1. The van der Waals surface area contributed by atoms with Gasteiger partial charge in [-0.3, -0.25) is 9.78 Å². The molecular weight excluding hydrogens is 320 g/mol. The van der Waals surface area contributed by atoms with E-state index in [4.69, 9.17) is 4.74 Å². The lowest BCUT2D eigenvalue weighted by atomic mass is 10.1. The second kappa shape index (κ2) is 6.69. The van der Waals surface area contributed by atoms with Crippen molar-refractivity contribution < 1.29 is 9.53 Å². The molecule has 0 saturated carbocycles. The summed E-state index contributed by atoms with van der Waals surface area (Å²) in [7, 11) is 1.69. The quantitative estimate of drug-likeness (QED) is 0.541. The molecule has 1 N–H and O–H groups in total. The predicted octanol–water partition coefficient (Wildman–Crippen LogP) is 4.68. The molecule has 1 aromatic carbocycles. The van der Waals surface area contributed by atoms with Crippen molar-refractivity contribution in [2.75, 3.05) is 7.11 Å². The molecule has 0 radical (unpaired) electrons. The summed E-state index contributed by atoms with van der Waals surface area (Å²) in [5.41, 5.74) is 4.92. The minimum absolute atomic E-state index is 0.0823. The largest absolute Gasteiger partial charge is 0.496 e. The zero-order valence-electron chi connectivity index (χ0n) is 14.3. The standard InChI is InChI=1S/C19H20N2O2S/c1-11-9-20-17(12(2)19(11)23-4)10-24-18-8-15-7-14(13(3)22)5-6-16(15)21-18/h5-9,21H,10H2,1-4H3. The van der Waals surface area contributed by atoms with Crippen LogP contribution in [-0.4, -0.2) is 22.9 Å². The average Bonchev–Trinajstić information content (AvgIpc) is 2.96. The predicted molar refractivity (Wildman–Crippen MR) is 98.1 cm³/mol. The van der Waals surface area contributed by atoms with Crippen molar-refractivity contribution in [3.05, 3.63) is 52.8 Å². The number of H-pyrrole nitrogens is 1. The van der Waals surface area contributed by atoms with Gasteiger partial charge in [-0.15, -0.1) is 11.8 Å². The number of benzene rings is 1. The van der Waals surface area contributed by atoms with Crippen LogP contribution in [0.15, 0.2) is 35.5 Å². The lowest BCUT2D eigenvalue weighted by Gasteiger charge is -2.11. The maximum atomic E-state index is 11.5. The summed E-state index contributed by atoms with van der Waals surface area (Å²) in [6.45, 7) is 5.63. The second-order valence-corrected chi connectivity index (χ2v) is 6.84. The van der Waals surface area contributed by atoms with E-state index in [1.54, 1.807) is 25.8 Å². The third-order valence-electron chi connectivity index (χ3n) is 4.12. The number of ether oxygens (including phenoxy) is 1. The molecule has 0 aliphatic heterocycles. The molecule has 0 amide bonds. The van der Waals surface area contributed by atoms with E-state index >= 15 is 0 Å². The van der Waals surface area contributed by atoms with Gasteiger partial charge in [-0.25, -0.2) is 0 Å². The van der Waals surface area contributed by atoms with Gasteiger partial charge in [0.25, 0.3) is 0 Å². The van der Waals surface area contributed by atoms with Gasteiger partial charge in [-0.1, -0.05) is 0 Å². The minimum atomic E-state index is 0.0823. The zero-order valence-corrected chi connectivity index (χ0v) is 15.1. The first kappa shape index (κ1) is 16.6. The van der Waals surface area contributed by atoms with Gasteiger partial charge in [0.15, 0.2) is 5.78 Å². The normalized spacial score (nSPS) is 11.0. The number of carbonyl (C=O) groups excluding carboxylic acids is 1. The minimum Gasteiger partial charge on any atom is -0.496 e. The van der Waals surface area contributed by atoms with Gasteiger partial charge in [0.05, 0.1) is 17.8 Å². The topological polar surface area (TPSA) is 55.0 Å². The lowest BCUT2D eigenvalue weighted by molar-refractivity contribution is 0.101. The number of hydrogen-bond acceptors (Lipinski definition) is 4. The Bertz CT molecular complexity index is 915. The van der Waals surface area contributed by atoms with Gasteiger partial charge >= 0.3 is 0 Å². The van der Waals surface area contributed by atoms with Crippen molar-refractivity contribution in [2.45, 2.75) is 31.6 Å². The van der Waals surface area contributed by atoms with E-state index in [2.05, 4.69) is 16.0 Å². The summed E-state index contributed by atoms with van der Waals surface area (Å²) in [5, 5.41) is 2.11. The highest BCUT2D eigenvalue weighted by atomic mass is 32.2. The van der Waals surface area contributed by atoms with E-state index < -0.39 is 0 Å². The highest BCUT2D eigenvalue weighted by molar-refractivity contribution is 7.98. The molecule has 0 atom stereocenters. The maximum Gasteiger partial charge on any atom is 0.159 e. The van der Waals surface area contributed by atoms with Crippen molar-refractivity contribution >= 4 is 28.4 Å². The van der Waals surface area contributed by atoms with Gasteiger partial charge in [0, 0.05) is 39.5 Å². The Morgan fingerprint density at radius 2 is 2.08 bits per heavy atom. The molecular formula is C19H20N2O2S. The third kappa shape index (κ3) is 3.17. The average molecular weight is 340 g/mol. The SMILES string of the molecule is COc1c(C)cnc(CSc2cc3cc(C(C)=O)ccc3[nH]2)c1C. The molecule has 0 bridgehead atoms. The third-order valence-corrected chi connectivity index (χ3v) is 5.07. The molecule has 2 heterocycles. The van der Waals surface area contributed by atoms with Crippen LogP contribution < -0.4 is 4.74 Å². The molecule has 0 aliphatic rings. The van der Waals surface area contributed by atoms with Crippen LogP contribution in [0.1, 0.15) is 34.1 Å². The number of aromatic amines is 1. The molecule has 0 unspecified atom stereocenters. The smallest absolute Gasteiger partial charge is 0.159 e. The fraction of sp³-hybridized carbons (Fsp3) is 0.263. The van der Waals surface area contributed by atoms with Crippen LogP contribution in [-0.2, 0) is 5.75 Å². The summed E-state index contributed by atoms with van der Waals surface area (Å²) in [5.74, 6) is 1.75. The fourth-order valence-electron chi connectivity index (χ4n) is 2.77. The Morgan fingerprint density at radius 1 is 1.29 bits per heavy atom. The Balaban J connectivity index is 1.82. The first-order valence-electron chi connectivity index (χ1n) is 7.75. The van der Waals surface area contributed by atoms with Gasteiger partial charge < -0.3 is 9.72 Å². The lowest BCUT2D eigenvalue weighted by Crippen LogP contribution is -1.98. The molecule has 0 aliphatic carbocycles. The number of pyridine rings is 1. The monoisotopic (exact) mass is 340 g/mol. The molecule has 0 spiro atoms. The highest BCUT2D eigenvalue weighted by Crippen LogP contribution is 2.30. The van der Waals surface area contributed by atoms with E-state index in [1.807, 2.05) is 38.2 Å². The number of thioether (sulfide) groups is 1. The number of rotatable bonds is 5. The molecule has 0 saturated heterocycles. The van der Waals surface area contributed by atoms with Crippen LogP contribution in [0.2, 0.25) is 0 Å². The zero-order chi connectivity index (χ0) is 17.3. The number of methoxy groups -OCH3 is 1. The van der Waals surface area contributed by atoms with E-state index in [0.717, 1.165) is 49.8 Å². The Morgan fingerprint density at radius 3 is 2.79 bits per heavy atom. The van der Waals surface area contributed by atoms with Crippen LogP contribution in [0.25, 0.3) is 10.9 Å². The molecule has 5 heteroatoms. The van der Waals surface area contributed by atoms with E-state index in [9.17, 15) is 4.79 Å². The number of nitrogens with zero attached hydrogens (tertiary/aromatic N) is 1. The summed E-state index contributed by atoms with van der Waals surface area (Å²) in [6.07, 6.45) is 1.85. The molecule has 24 heavy (non-hydrogen) atoms. The van der Waals surface area contributed by atoms with Crippen LogP contribution in [0.5, 0.6) is 5.75 Å². The highest BCUT2D eigenvalue weighted by Gasteiger charge is 2.11. The Labute approximate surface area is 145 Å². The van der Waals surface area contributed by atoms with Gasteiger partial charge in [-0.05, 0) is 45.0 Å². The number of aromatic nitrogens is 2. The number of hydrogen-bond donors (Lipinski definition) is 1. The van der Waals surface area contributed by atoms with Crippen LogP contribution in [0, 0.1) is 13.8 Å². The molecule has 3 rings (SSSR count). The first-order valence-corrected chi connectivity index (χ1v) is 8.73. The summed E-state index contributed by atoms with van der Waals surface area (Å²) in [4.78, 5) is 19.4. The van der Waals surface area contributed by atoms with Gasteiger partial charge in [0.1, 0.15) is 5.75 Å². The van der Waals surface area contributed by atoms with Crippen molar-refractivity contribution in [3.8, 4) is 5.75 Å². The molecule has 124 valence electrons. The van der Waals surface area contributed by atoms with Gasteiger partial charge in [-0.2, -0.15) is 0 Å². The Kier molecular flexibility index (Phi) is 4.62. The van der Waals surface area contributed by atoms with E-state index in [0.29, 0.717) is 0 Å². The van der Waals surface area contributed by atoms with E-state index in [-0.39, 0.29) is 5.78 Å². The number of Topliss-reactive ketones (excluding diaryl/α,β-unsaturated/α-hetero) is 1. The molecule has 3 aromatic rings. The maximum absolute atomic E-state index is 11.5. The Hall–Kier alpha value is -2.27. The second-order valence-electron chi connectivity index (χ2n) is 5.83. The summed E-state index contributed by atoms with van der Waals surface area (Å²) >= 11 is 1.69. The number of nitrogens with one attached hydrogen (secondary N) is 1. The molecule has 4 nitrogen and oxygen atoms in total. The van der Waals surface area contributed by atoms with Crippen molar-refractivity contribution in [1.29, 1.82) is 0 Å². The van der Waals surface area contributed by atoms with Crippen LogP contribution >= 0.6 is 11.8 Å². The number of aryl methyl sites for hydroxylation is 1. The molecule has 2 aromatic heterocycles. The van der Waals surface area contributed by atoms with Crippen LogP contribution in [0.4, 0.5) is 0 Å². The van der Waals surface area contributed by atoms with E-state index in [1.165, 1.54) is 0 Å². The fourth-order valence-corrected chi connectivity index (χ4v) is 3.74. The first-order chi connectivity index (χ1) is 11.5. The van der Waals surface area contributed by atoms with Crippen LogP contribution in [0.3, 0.4) is 0 Å².